The van der Waals surface area contributed by atoms with Crippen LogP contribution < -0.4 is 5.32 Å². The first-order chi connectivity index (χ1) is 12.2. The molecule has 0 aliphatic carbocycles. The Hall–Kier alpha value is -1.17. The standard InChI is InChI=1S/C20H30BrF2NO2/c1-5-6-7-8-9-10-11-16(19(25)26-20(2,3)4)24-18-15(22)13-12-14(21)17(18)23/h12-13,16,24H,5-11H2,1-4H3. The van der Waals surface area contributed by atoms with E-state index in [2.05, 4.69) is 28.2 Å². The van der Waals surface area contributed by atoms with Crippen molar-refractivity contribution >= 4 is 27.6 Å². The Morgan fingerprint density at radius 2 is 1.77 bits per heavy atom. The van der Waals surface area contributed by atoms with Gasteiger partial charge in [-0.25, -0.2) is 13.6 Å². The summed E-state index contributed by atoms with van der Waals surface area (Å²) < 4.78 is 33.9. The molecule has 1 unspecified atom stereocenters. The van der Waals surface area contributed by atoms with Crippen LogP contribution in [0.3, 0.4) is 0 Å². The first-order valence-corrected chi connectivity index (χ1v) is 10.1. The maximum absolute atomic E-state index is 14.3. The SMILES string of the molecule is CCCCCCCCC(Nc1c(F)ccc(Br)c1F)C(=O)OC(C)(C)C. The maximum atomic E-state index is 14.3. The van der Waals surface area contributed by atoms with Gasteiger partial charge in [-0.05, 0) is 55.3 Å². The first kappa shape index (κ1) is 22.9. The molecule has 6 heteroatoms. The van der Waals surface area contributed by atoms with Gasteiger partial charge in [0, 0.05) is 0 Å². The largest absolute Gasteiger partial charge is 0.458 e. The van der Waals surface area contributed by atoms with Gasteiger partial charge in [-0.1, -0.05) is 45.4 Å². The molecule has 0 heterocycles. The van der Waals surface area contributed by atoms with Gasteiger partial charge in [0.2, 0.25) is 0 Å². The summed E-state index contributed by atoms with van der Waals surface area (Å²) in [5.74, 6) is -1.98. The summed E-state index contributed by atoms with van der Waals surface area (Å²) in [4.78, 5) is 12.5. The fraction of sp³-hybridized carbons (Fsp3) is 0.650. The third-order valence-corrected chi connectivity index (χ3v) is 4.51. The number of ether oxygens (including phenoxy) is 1. The molecule has 26 heavy (non-hydrogen) atoms. The Kier molecular flexibility index (Phi) is 9.55. The molecular formula is C20H30BrF2NO2. The highest BCUT2D eigenvalue weighted by Gasteiger charge is 2.27. The van der Waals surface area contributed by atoms with Crippen molar-refractivity contribution in [2.24, 2.45) is 0 Å². The van der Waals surface area contributed by atoms with Crippen LogP contribution >= 0.6 is 15.9 Å². The van der Waals surface area contributed by atoms with Crippen molar-refractivity contribution in [3.63, 3.8) is 0 Å². The van der Waals surface area contributed by atoms with Gasteiger partial charge in [0.1, 0.15) is 23.1 Å². The smallest absolute Gasteiger partial charge is 0.329 e. The molecule has 0 spiro atoms. The molecule has 1 rings (SSSR count). The zero-order valence-electron chi connectivity index (χ0n) is 16.1. The summed E-state index contributed by atoms with van der Waals surface area (Å²) in [6, 6.07) is 1.66. The minimum Gasteiger partial charge on any atom is -0.458 e. The van der Waals surface area contributed by atoms with E-state index in [-0.39, 0.29) is 10.2 Å². The lowest BCUT2D eigenvalue weighted by Crippen LogP contribution is -2.37. The molecule has 0 bridgehead atoms. The lowest BCUT2D eigenvalue weighted by molar-refractivity contribution is -0.156. The van der Waals surface area contributed by atoms with Crippen LogP contribution in [0.4, 0.5) is 14.5 Å². The molecule has 1 atom stereocenters. The van der Waals surface area contributed by atoms with Crippen LogP contribution in [0.15, 0.2) is 16.6 Å². The van der Waals surface area contributed by atoms with Crippen molar-refractivity contribution in [3.05, 3.63) is 28.2 Å². The second-order valence-electron chi connectivity index (χ2n) is 7.51. The lowest BCUT2D eigenvalue weighted by Gasteiger charge is -2.25. The molecule has 1 aromatic rings. The van der Waals surface area contributed by atoms with Crippen LogP contribution in [0, 0.1) is 11.6 Å². The third kappa shape index (κ3) is 8.02. The Labute approximate surface area is 164 Å². The van der Waals surface area contributed by atoms with E-state index >= 15 is 0 Å². The molecule has 0 saturated heterocycles. The third-order valence-electron chi connectivity index (χ3n) is 3.90. The molecule has 148 valence electrons. The number of rotatable bonds is 10. The van der Waals surface area contributed by atoms with E-state index < -0.39 is 29.2 Å². The topological polar surface area (TPSA) is 38.3 Å². The highest BCUT2D eigenvalue weighted by atomic mass is 79.9. The molecule has 0 aromatic heterocycles. The van der Waals surface area contributed by atoms with Crippen LogP contribution in [0.5, 0.6) is 0 Å². The average Bonchev–Trinajstić information content (AvgIpc) is 2.54. The quantitative estimate of drug-likeness (QED) is 0.256. The van der Waals surface area contributed by atoms with Gasteiger partial charge in [0.15, 0.2) is 5.82 Å². The Morgan fingerprint density at radius 1 is 1.15 bits per heavy atom. The summed E-state index contributed by atoms with van der Waals surface area (Å²) in [5, 5.41) is 2.73. The van der Waals surface area contributed by atoms with Gasteiger partial charge in [0.25, 0.3) is 0 Å². The number of nitrogens with one attached hydrogen (secondary N) is 1. The van der Waals surface area contributed by atoms with Gasteiger partial charge in [-0.3, -0.25) is 0 Å². The molecule has 0 aliphatic rings. The van der Waals surface area contributed by atoms with Gasteiger partial charge in [-0.2, -0.15) is 0 Å². The average molecular weight is 434 g/mol. The van der Waals surface area contributed by atoms with Crippen LogP contribution in [0.2, 0.25) is 0 Å². The van der Waals surface area contributed by atoms with Crippen LogP contribution in [-0.4, -0.2) is 17.6 Å². The van der Waals surface area contributed by atoms with Crippen LogP contribution in [-0.2, 0) is 9.53 Å². The van der Waals surface area contributed by atoms with Crippen LogP contribution in [0.25, 0.3) is 0 Å². The molecule has 0 saturated carbocycles. The number of halogens is 3. The summed E-state index contributed by atoms with van der Waals surface area (Å²) in [6.45, 7) is 7.47. The predicted molar refractivity (Wildman–Crippen MR) is 105 cm³/mol. The van der Waals surface area contributed by atoms with Crippen molar-refractivity contribution in [3.8, 4) is 0 Å². The molecule has 0 aliphatic heterocycles. The van der Waals surface area contributed by atoms with Crippen LogP contribution in [0.1, 0.15) is 72.6 Å². The number of anilines is 1. The second-order valence-corrected chi connectivity index (χ2v) is 8.36. The Morgan fingerprint density at radius 3 is 2.38 bits per heavy atom. The lowest BCUT2D eigenvalue weighted by atomic mass is 10.0. The van der Waals surface area contributed by atoms with E-state index in [0.29, 0.717) is 6.42 Å². The summed E-state index contributed by atoms with van der Waals surface area (Å²) in [7, 11) is 0. The number of unbranched alkanes of at least 4 members (excludes halogenated alkanes) is 5. The minimum atomic E-state index is -0.793. The van der Waals surface area contributed by atoms with Crippen molar-refractivity contribution < 1.29 is 18.3 Å². The normalized spacial score (nSPS) is 12.7. The molecule has 1 aromatic carbocycles. The van der Waals surface area contributed by atoms with Crippen molar-refractivity contribution in [1.29, 1.82) is 0 Å². The zero-order chi connectivity index (χ0) is 19.7. The van der Waals surface area contributed by atoms with E-state index in [1.165, 1.54) is 18.9 Å². The highest BCUT2D eigenvalue weighted by molar-refractivity contribution is 9.10. The molecule has 0 fully saturated rings. The summed E-state index contributed by atoms with van der Waals surface area (Å²) >= 11 is 3.05. The van der Waals surface area contributed by atoms with Gasteiger partial charge < -0.3 is 10.1 Å². The van der Waals surface area contributed by atoms with Crippen molar-refractivity contribution in [2.45, 2.75) is 84.3 Å². The predicted octanol–water partition coefficient (Wildman–Crippen LogP) is 6.60. The van der Waals surface area contributed by atoms with E-state index in [9.17, 15) is 13.6 Å². The van der Waals surface area contributed by atoms with Gasteiger partial charge in [-0.15, -0.1) is 0 Å². The highest BCUT2D eigenvalue weighted by Crippen LogP contribution is 2.27. The number of hydrogen-bond donors (Lipinski definition) is 1. The van der Waals surface area contributed by atoms with E-state index in [1.807, 2.05) is 0 Å². The molecule has 0 amide bonds. The first-order valence-electron chi connectivity index (χ1n) is 9.28. The fourth-order valence-corrected chi connectivity index (χ4v) is 2.91. The summed E-state index contributed by atoms with van der Waals surface area (Å²) in [5.41, 5.74) is -0.965. The van der Waals surface area contributed by atoms with E-state index in [0.717, 1.165) is 31.7 Å². The van der Waals surface area contributed by atoms with E-state index in [1.54, 1.807) is 20.8 Å². The van der Waals surface area contributed by atoms with Gasteiger partial charge >= 0.3 is 5.97 Å². The van der Waals surface area contributed by atoms with E-state index in [4.69, 9.17) is 4.74 Å². The zero-order valence-corrected chi connectivity index (χ0v) is 17.7. The number of esters is 1. The number of carbonyl (C=O) groups excluding carboxylic acids is 1. The Bertz CT molecular complexity index is 588. The van der Waals surface area contributed by atoms with Crippen molar-refractivity contribution in [1.82, 2.24) is 0 Å². The Balaban J connectivity index is 2.81. The molecule has 1 N–H and O–H groups in total. The van der Waals surface area contributed by atoms with Gasteiger partial charge in [0.05, 0.1) is 4.47 Å². The fourth-order valence-electron chi connectivity index (χ4n) is 2.58. The molecule has 0 radical (unpaired) electrons. The maximum Gasteiger partial charge on any atom is 0.329 e. The number of benzene rings is 1. The molecular weight excluding hydrogens is 404 g/mol. The summed E-state index contributed by atoms with van der Waals surface area (Å²) in [6.07, 6.45) is 6.85. The van der Waals surface area contributed by atoms with Crippen molar-refractivity contribution in [2.75, 3.05) is 5.32 Å². The monoisotopic (exact) mass is 433 g/mol. The minimum absolute atomic E-state index is 0.143. The number of carbonyl (C=O) groups is 1. The second kappa shape index (κ2) is 10.9. The molecule has 3 nitrogen and oxygen atoms in total. The number of hydrogen-bond acceptors (Lipinski definition) is 3.